The fraction of sp³-hybridized carbons (Fsp3) is 0.133. The van der Waals surface area contributed by atoms with Crippen molar-refractivity contribution in [3.05, 3.63) is 111 Å². The molecule has 192 valence electrons. The lowest BCUT2D eigenvalue weighted by atomic mass is 10.1. The Morgan fingerprint density at radius 3 is 2.37 bits per heavy atom. The summed E-state index contributed by atoms with van der Waals surface area (Å²) in [4.78, 5) is 27.5. The van der Waals surface area contributed by atoms with Gasteiger partial charge in [-0.15, -0.1) is 0 Å². The van der Waals surface area contributed by atoms with Gasteiger partial charge in [0, 0.05) is 5.02 Å². The third-order valence-electron chi connectivity index (χ3n) is 5.95. The van der Waals surface area contributed by atoms with Crippen LogP contribution >= 0.6 is 35.0 Å². The summed E-state index contributed by atoms with van der Waals surface area (Å²) in [5.41, 5.74) is 2.45. The molecule has 38 heavy (non-hydrogen) atoms. The maximum atomic E-state index is 13.2. The SMILES string of the molecule is CCOc1cc(/C=C2\SC(=O)N(Cc3ccc4ccccc4c3)C2=O)cc(Cl)c1OCc1ccc(Cl)cc1. The van der Waals surface area contributed by atoms with E-state index in [9.17, 15) is 9.59 Å². The molecule has 4 aromatic rings. The number of halogens is 2. The highest BCUT2D eigenvalue weighted by Gasteiger charge is 2.35. The number of amides is 2. The van der Waals surface area contributed by atoms with E-state index in [0.29, 0.717) is 38.6 Å². The van der Waals surface area contributed by atoms with Crippen molar-refractivity contribution in [2.45, 2.75) is 20.1 Å². The molecule has 5 rings (SSSR count). The van der Waals surface area contributed by atoms with Crippen molar-refractivity contribution in [2.75, 3.05) is 6.61 Å². The minimum atomic E-state index is -0.342. The molecule has 1 heterocycles. The van der Waals surface area contributed by atoms with E-state index in [1.807, 2.05) is 61.5 Å². The zero-order chi connectivity index (χ0) is 26.6. The molecule has 1 fully saturated rings. The minimum Gasteiger partial charge on any atom is -0.490 e. The molecule has 0 aliphatic carbocycles. The quantitative estimate of drug-likeness (QED) is 0.201. The van der Waals surface area contributed by atoms with Crippen LogP contribution in [0.2, 0.25) is 10.0 Å². The molecule has 0 atom stereocenters. The van der Waals surface area contributed by atoms with Crippen LogP contribution in [-0.2, 0) is 17.9 Å². The van der Waals surface area contributed by atoms with Crippen LogP contribution in [0.15, 0.2) is 83.8 Å². The normalized spacial score (nSPS) is 14.5. The zero-order valence-corrected chi connectivity index (χ0v) is 22.8. The van der Waals surface area contributed by atoms with Gasteiger partial charge in [-0.05, 0) is 82.6 Å². The highest BCUT2D eigenvalue weighted by molar-refractivity contribution is 8.18. The van der Waals surface area contributed by atoms with Crippen molar-refractivity contribution >= 4 is 63.0 Å². The number of benzene rings is 4. The van der Waals surface area contributed by atoms with Gasteiger partial charge in [0.1, 0.15) is 6.61 Å². The Hall–Kier alpha value is -3.45. The summed E-state index contributed by atoms with van der Waals surface area (Å²) in [6, 6.07) is 24.7. The lowest BCUT2D eigenvalue weighted by Crippen LogP contribution is -2.27. The number of carbonyl (C=O) groups is 2. The van der Waals surface area contributed by atoms with E-state index < -0.39 is 0 Å². The summed E-state index contributed by atoms with van der Waals surface area (Å²) in [6.07, 6.45) is 1.66. The molecule has 1 aliphatic rings. The summed E-state index contributed by atoms with van der Waals surface area (Å²) in [5.74, 6) is 0.519. The molecular formula is C30H23Cl2NO4S. The first-order valence-electron chi connectivity index (χ1n) is 12.0. The highest BCUT2D eigenvalue weighted by atomic mass is 35.5. The second-order valence-electron chi connectivity index (χ2n) is 8.63. The lowest BCUT2D eigenvalue weighted by molar-refractivity contribution is -0.123. The van der Waals surface area contributed by atoms with Gasteiger partial charge in [0.25, 0.3) is 11.1 Å². The Labute approximate surface area is 234 Å². The molecule has 2 amide bonds. The molecule has 1 saturated heterocycles. The molecule has 5 nitrogen and oxygen atoms in total. The number of carbonyl (C=O) groups excluding carboxylic acids is 2. The summed E-state index contributed by atoms with van der Waals surface area (Å²) in [5, 5.41) is 2.84. The van der Waals surface area contributed by atoms with Gasteiger partial charge in [0.05, 0.1) is 23.1 Å². The fourth-order valence-electron chi connectivity index (χ4n) is 4.12. The summed E-state index contributed by atoms with van der Waals surface area (Å²) >= 11 is 13.4. The van der Waals surface area contributed by atoms with Crippen LogP contribution in [0.3, 0.4) is 0 Å². The zero-order valence-electron chi connectivity index (χ0n) is 20.4. The van der Waals surface area contributed by atoms with Crippen molar-refractivity contribution in [1.82, 2.24) is 4.90 Å². The van der Waals surface area contributed by atoms with E-state index >= 15 is 0 Å². The molecule has 4 aromatic carbocycles. The first-order chi connectivity index (χ1) is 18.4. The molecule has 0 spiro atoms. The topological polar surface area (TPSA) is 55.8 Å². The third kappa shape index (κ3) is 5.83. The number of ether oxygens (including phenoxy) is 2. The minimum absolute atomic E-state index is 0.204. The molecular weight excluding hydrogens is 541 g/mol. The summed E-state index contributed by atoms with van der Waals surface area (Å²) in [6.45, 7) is 2.75. The summed E-state index contributed by atoms with van der Waals surface area (Å²) < 4.78 is 11.8. The van der Waals surface area contributed by atoms with Crippen LogP contribution < -0.4 is 9.47 Å². The Bertz CT molecular complexity index is 1550. The molecule has 0 saturated carbocycles. The predicted molar refractivity (Wildman–Crippen MR) is 154 cm³/mol. The van der Waals surface area contributed by atoms with E-state index in [-0.39, 0.29) is 24.3 Å². The lowest BCUT2D eigenvalue weighted by Gasteiger charge is -2.15. The monoisotopic (exact) mass is 563 g/mol. The number of nitrogens with zero attached hydrogens (tertiary/aromatic N) is 1. The van der Waals surface area contributed by atoms with E-state index in [2.05, 4.69) is 0 Å². The molecule has 8 heteroatoms. The number of thioether (sulfide) groups is 1. The Balaban J connectivity index is 1.35. The van der Waals surface area contributed by atoms with Crippen molar-refractivity contribution in [1.29, 1.82) is 0 Å². The average Bonchev–Trinajstić information content (AvgIpc) is 3.16. The van der Waals surface area contributed by atoms with Gasteiger partial charge in [0.15, 0.2) is 11.5 Å². The van der Waals surface area contributed by atoms with E-state index in [4.69, 9.17) is 32.7 Å². The smallest absolute Gasteiger partial charge is 0.293 e. The molecule has 0 bridgehead atoms. The largest absolute Gasteiger partial charge is 0.490 e. The van der Waals surface area contributed by atoms with Gasteiger partial charge in [-0.3, -0.25) is 14.5 Å². The van der Waals surface area contributed by atoms with Gasteiger partial charge in [0.2, 0.25) is 0 Å². The molecule has 0 radical (unpaired) electrons. The van der Waals surface area contributed by atoms with Crippen LogP contribution in [0.5, 0.6) is 11.5 Å². The second kappa shape index (κ2) is 11.5. The summed E-state index contributed by atoms with van der Waals surface area (Å²) in [7, 11) is 0. The number of hydrogen-bond donors (Lipinski definition) is 0. The molecule has 0 unspecified atom stereocenters. The Kier molecular flexibility index (Phi) is 7.93. The first kappa shape index (κ1) is 26.2. The van der Waals surface area contributed by atoms with E-state index in [1.165, 1.54) is 4.90 Å². The van der Waals surface area contributed by atoms with Crippen molar-refractivity contribution in [2.24, 2.45) is 0 Å². The highest BCUT2D eigenvalue weighted by Crippen LogP contribution is 2.40. The van der Waals surface area contributed by atoms with Crippen molar-refractivity contribution in [3.63, 3.8) is 0 Å². The van der Waals surface area contributed by atoms with Gasteiger partial charge in [-0.1, -0.05) is 71.7 Å². The van der Waals surface area contributed by atoms with Crippen LogP contribution in [-0.4, -0.2) is 22.7 Å². The van der Waals surface area contributed by atoms with Crippen LogP contribution in [0.25, 0.3) is 16.8 Å². The van der Waals surface area contributed by atoms with Gasteiger partial charge in [-0.25, -0.2) is 0 Å². The van der Waals surface area contributed by atoms with Crippen LogP contribution in [0, 0.1) is 0 Å². The van der Waals surface area contributed by atoms with E-state index in [0.717, 1.165) is 33.7 Å². The Morgan fingerprint density at radius 1 is 0.868 bits per heavy atom. The number of imide groups is 1. The van der Waals surface area contributed by atoms with Crippen molar-refractivity contribution < 1.29 is 19.1 Å². The third-order valence-corrected chi connectivity index (χ3v) is 7.39. The van der Waals surface area contributed by atoms with Gasteiger partial charge in [-0.2, -0.15) is 0 Å². The van der Waals surface area contributed by atoms with Crippen molar-refractivity contribution in [3.8, 4) is 11.5 Å². The number of hydrogen-bond acceptors (Lipinski definition) is 5. The van der Waals surface area contributed by atoms with Gasteiger partial charge < -0.3 is 9.47 Å². The van der Waals surface area contributed by atoms with Crippen LogP contribution in [0.4, 0.5) is 4.79 Å². The standard InChI is InChI=1S/C30H23Cl2NO4S/c1-2-36-26-15-21(14-25(32)28(26)37-18-19-8-11-24(31)12-9-19)16-27-29(34)33(30(35)38-27)17-20-7-10-22-5-3-4-6-23(22)13-20/h3-16H,2,17-18H2,1H3/b27-16-. The van der Waals surface area contributed by atoms with Gasteiger partial charge >= 0.3 is 0 Å². The second-order valence-corrected chi connectivity index (χ2v) is 10.5. The fourth-order valence-corrected chi connectivity index (χ4v) is 5.36. The molecule has 0 aromatic heterocycles. The Morgan fingerprint density at radius 2 is 1.61 bits per heavy atom. The average molecular weight is 564 g/mol. The number of fused-ring (bicyclic) bond motifs is 1. The number of rotatable bonds is 8. The first-order valence-corrected chi connectivity index (χ1v) is 13.5. The maximum Gasteiger partial charge on any atom is 0.293 e. The molecule has 1 aliphatic heterocycles. The maximum absolute atomic E-state index is 13.2. The van der Waals surface area contributed by atoms with E-state index in [1.54, 1.807) is 30.3 Å². The predicted octanol–water partition coefficient (Wildman–Crippen LogP) is 8.36. The van der Waals surface area contributed by atoms with Crippen LogP contribution in [0.1, 0.15) is 23.6 Å². The molecule has 0 N–H and O–H groups in total.